The molecule has 78 valence electrons. The number of nitrogens with zero attached hydrogens (tertiary/aromatic N) is 2. The highest BCUT2D eigenvalue weighted by Gasteiger charge is 2.10. The third-order valence-electron chi connectivity index (χ3n) is 2.04. The molecular formula is C10H9BrFN3. The van der Waals surface area contributed by atoms with Gasteiger partial charge >= 0.3 is 0 Å². The number of aromatic amines is 1. The van der Waals surface area contributed by atoms with Gasteiger partial charge in [-0.2, -0.15) is 5.10 Å². The number of halogens is 2. The lowest BCUT2D eigenvalue weighted by Crippen LogP contribution is -1.87. The average molecular weight is 270 g/mol. The molecule has 3 nitrogen and oxygen atoms in total. The predicted octanol–water partition coefficient (Wildman–Crippen LogP) is 2.94. The number of rotatable bonds is 2. The SMILES string of the molecule is CCc1nc(-c2ccc(Br)cc2F)n[nH]1. The van der Waals surface area contributed by atoms with Crippen molar-refractivity contribution < 1.29 is 4.39 Å². The molecule has 0 unspecified atom stereocenters. The summed E-state index contributed by atoms with van der Waals surface area (Å²) in [7, 11) is 0. The van der Waals surface area contributed by atoms with Crippen LogP contribution in [0.2, 0.25) is 0 Å². The van der Waals surface area contributed by atoms with Gasteiger partial charge in [0.05, 0.1) is 5.56 Å². The summed E-state index contributed by atoms with van der Waals surface area (Å²) < 4.78 is 14.2. The first kappa shape index (κ1) is 10.3. The van der Waals surface area contributed by atoms with Gasteiger partial charge in [-0.15, -0.1) is 0 Å². The summed E-state index contributed by atoms with van der Waals surface area (Å²) in [6.07, 6.45) is 0.755. The van der Waals surface area contributed by atoms with E-state index in [0.717, 1.165) is 12.2 Å². The fraction of sp³-hybridized carbons (Fsp3) is 0.200. The molecule has 0 aliphatic heterocycles. The number of hydrogen-bond donors (Lipinski definition) is 1. The van der Waals surface area contributed by atoms with Gasteiger partial charge in [-0.3, -0.25) is 5.10 Å². The van der Waals surface area contributed by atoms with Crippen LogP contribution in [0.1, 0.15) is 12.7 Å². The lowest BCUT2D eigenvalue weighted by Gasteiger charge is -1.97. The Morgan fingerprint density at radius 2 is 2.27 bits per heavy atom. The van der Waals surface area contributed by atoms with Crippen molar-refractivity contribution in [2.45, 2.75) is 13.3 Å². The van der Waals surface area contributed by atoms with E-state index < -0.39 is 0 Å². The molecule has 2 rings (SSSR count). The summed E-state index contributed by atoms with van der Waals surface area (Å²) in [5.41, 5.74) is 0.411. The minimum absolute atomic E-state index is 0.328. The summed E-state index contributed by atoms with van der Waals surface area (Å²) >= 11 is 3.20. The van der Waals surface area contributed by atoms with Crippen LogP contribution >= 0.6 is 15.9 Å². The maximum absolute atomic E-state index is 13.5. The molecule has 5 heteroatoms. The monoisotopic (exact) mass is 269 g/mol. The van der Waals surface area contributed by atoms with Crippen molar-refractivity contribution >= 4 is 15.9 Å². The molecule has 1 heterocycles. The summed E-state index contributed by atoms with van der Waals surface area (Å²) in [6.45, 7) is 1.96. The topological polar surface area (TPSA) is 41.6 Å². The van der Waals surface area contributed by atoms with Crippen LogP contribution in [0.15, 0.2) is 22.7 Å². The van der Waals surface area contributed by atoms with E-state index in [1.54, 1.807) is 12.1 Å². The van der Waals surface area contributed by atoms with E-state index in [4.69, 9.17) is 0 Å². The zero-order valence-electron chi connectivity index (χ0n) is 8.09. The fourth-order valence-electron chi connectivity index (χ4n) is 1.24. The second-order valence-electron chi connectivity index (χ2n) is 3.08. The highest BCUT2D eigenvalue weighted by Crippen LogP contribution is 2.22. The Bertz CT molecular complexity index is 481. The normalized spacial score (nSPS) is 10.6. The van der Waals surface area contributed by atoms with Crippen molar-refractivity contribution in [2.24, 2.45) is 0 Å². The summed E-state index contributed by atoms with van der Waals surface area (Å²) in [6, 6.07) is 4.82. The van der Waals surface area contributed by atoms with Crippen molar-refractivity contribution in [3.05, 3.63) is 34.3 Å². The second kappa shape index (κ2) is 4.10. The summed E-state index contributed by atoms with van der Waals surface area (Å²) in [5, 5.41) is 6.71. The molecule has 0 aliphatic carbocycles. The lowest BCUT2D eigenvalue weighted by atomic mass is 10.2. The van der Waals surface area contributed by atoms with Crippen LogP contribution in [0.4, 0.5) is 4.39 Å². The van der Waals surface area contributed by atoms with E-state index in [2.05, 4.69) is 31.1 Å². The lowest BCUT2D eigenvalue weighted by molar-refractivity contribution is 0.629. The maximum atomic E-state index is 13.5. The van der Waals surface area contributed by atoms with Gasteiger partial charge in [0.2, 0.25) is 0 Å². The quantitative estimate of drug-likeness (QED) is 0.911. The Morgan fingerprint density at radius 1 is 1.47 bits per heavy atom. The Hall–Kier alpha value is -1.23. The Kier molecular flexibility index (Phi) is 2.81. The molecule has 0 spiro atoms. The fourth-order valence-corrected chi connectivity index (χ4v) is 1.58. The van der Waals surface area contributed by atoms with E-state index in [1.807, 2.05) is 6.92 Å². The number of aryl methyl sites for hydroxylation is 1. The van der Waals surface area contributed by atoms with Crippen LogP contribution in [-0.2, 0) is 6.42 Å². The van der Waals surface area contributed by atoms with Gasteiger partial charge < -0.3 is 0 Å². The first-order chi connectivity index (χ1) is 7.20. The van der Waals surface area contributed by atoms with E-state index in [0.29, 0.717) is 15.9 Å². The van der Waals surface area contributed by atoms with Gasteiger partial charge in [0.15, 0.2) is 5.82 Å². The van der Waals surface area contributed by atoms with Crippen molar-refractivity contribution in [3.8, 4) is 11.4 Å². The van der Waals surface area contributed by atoms with E-state index in [-0.39, 0.29) is 5.82 Å². The zero-order chi connectivity index (χ0) is 10.8. The molecule has 0 amide bonds. The van der Waals surface area contributed by atoms with E-state index in [1.165, 1.54) is 6.07 Å². The number of hydrogen-bond acceptors (Lipinski definition) is 2. The first-order valence-electron chi connectivity index (χ1n) is 4.57. The molecule has 0 saturated carbocycles. The number of nitrogens with one attached hydrogen (secondary N) is 1. The maximum Gasteiger partial charge on any atom is 0.184 e. The minimum Gasteiger partial charge on any atom is -0.263 e. The predicted molar refractivity (Wildman–Crippen MR) is 58.9 cm³/mol. The van der Waals surface area contributed by atoms with Gasteiger partial charge in [-0.1, -0.05) is 22.9 Å². The summed E-state index contributed by atoms with van der Waals surface area (Å²) in [4.78, 5) is 4.17. The van der Waals surface area contributed by atoms with Crippen molar-refractivity contribution in [1.82, 2.24) is 15.2 Å². The van der Waals surface area contributed by atoms with Gasteiger partial charge in [-0.25, -0.2) is 9.37 Å². The Morgan fingerprint density at radius 3 is 2.87 bits per heavy atom. The van der Waals surface area contributed by atoms with Crippen molar-refractivity contribution in [2.75, 3.05) is 0 Å². The molecule has 1 aromatic carbocycles. The first-order valence-corrected chi connectivity index (χ1v) is 5.36. The average Bonchev–Trinajstić information content (AvgIpc) is 2.66. The molecule has 0 radical (unpaired) electrons. The minimum atomic E-state index is -0.328. The zero-order valence-corrected chi connectivity index (χ0v) is 9.68. The highest BCUT2D eigenvalue weighted by atomic mass is 79.9. The van der Waals surface area contributed by atoms with Crippen molar-refractivity contribution in [3.63, 3.8) is 0 Å². The van der Waals surface area contributed by atoms with Gasteiger partial charge in [-0.05, 0) is 18.2 Å². The van der Waals surface area contributed by atoms with Gasteiger partial charge in [0.25, 0.3) is 0 Å². The molecule has 2 aromatic rings. The largest absolute Gasteiger partial charge is 0.263 e. The van der Waals surface area contributed by atoms with Crippen LogP contribution in [0.25, 0.3) is 11.4 Å². The van der Waals surface area contributed by atoms with Crippen LogP contribution in [0.3, 0.4) is 0 Å². The van der Waals surface area contributed by atoms with Crippen LogP contribution in [-0.4, -0.2) is 15.2 Å². The van der Waals surface area contributed by atoms with Crippen LogP contribution < -0.4 is 0 Å². The van der Waals surface area contributed by atoms with E-state index >= 15 is 0 Å². The molecule has 0 aliphatic rings. The summed E-state index contributed by atoms with van der Waals surface area (Å²) in [5.74, 6) is 0.829. The Labute approximate surface area is 94.9 Å². The van der Waals surface area contributed by atoms with Crippen LogP contribution in [0, 0.1) is 5.82 Å². The smallest absolute Gasteiger partial charge is 0.184 e. The third-order valence-corrected chi connectivity index (χ3v) is 2.53. The molecule has 0 fully saturated rings. The molecule has 1 N–H and O–H groups in total. The van der Waals surface area contributed by atoms with Crippen molar-refractivity contribution in [1.29, 1.82) is 0 Å². The molecule has 0 saturated heterocycles. The molecular weight excluding hydrogens is 261 g/mol. The molecule has 15 heavy (non-hydrogen) atoms. The van der Waals surface area contributed by atoms with Gasteiger partial charge in [0.1, 0.15) is 11.6 Å². The standard InChI is InChI=1S/C10H9BrFN3/c1-2-9-13-10(15-14-9)7-4-3-6(11)5-8(7)12/h3-5H,2H2,1H3,(H,13,14,15). The number of benzene rings is 1. The number of aromatic nitrogens is 3. The molecule has 0 atom stereocenters. The third kappa shape index (κ3) is 2.07. The van der Waals surface area contributed by atoms with Crippen LogP contribution in [0.5, 0.6) is 0 Å². The Balaban J connectivity index is 2.44. The molecule has 0 bridgehead atoms. The highest BCUT2D eigenvalue weighted by molar-refractivity contribution is 9.10. The molecule has 1 aromatic heterocycles. The second-order valence-corrected chi connectivity index (χ2v) is 4.00. The van der Waals surface area contributed by atoms with E-state index in [9.17, 15) is 4.39 Å². The number of H-pyrrole nitrogens is 1. The van der Waals surface area contributed by atoms with Gasteiger partial charge in [0, 0.05) is 10.9 Å².